The Labute approximate surface area is 120 Å². The highest BCUT2D eigenvalue weighted by atomic mass is 19.1. The molecule has 0 spiro atoms. The first-order valence-corrected chi connectivity index (χ1v) is 7.50. The zero-order valence-corrected chi connectivity index (χ0v) is 12.2. The zero-order valence-electron chi connectivity index (χ0n) is 12.2. The van der Waals surface area contributed by atoms with Crippen LogP contribution in [0.3, 0.4) is 0 Å². The van der Waals surface area contributed by atoms with Gasteiger partial charge in [-0.05, 0) is 45.0 Å². The molecular weight excluding hydrogens is 257 g/mol. The topological polar surface area (TPSA) is 37.4 Å². The summed E-state index contributed by atoms with van der Waals surface area (Å²) in [6.45, 7) is 7.45. The van der Waals surface area contributed by atoms with Crippen LogP contribution < -0.4 is 10.1 Å². The minimum Gasteiger partial charge on any atom is -0.476 e. The van der Waals surface area contributed by atoms with E-state index in [9.17, 15) is 4.39 Å². The molecule has 0 amide bonds. The predicted molar refractivity (Wildman–Crippen MR) is 77.4 cm³/mol. The number of hydrogen-bond donors (Lipinski definition) is 1. The number of rotatable bonds is 8. The number of nitrogens with zero attached hydrogens (tertiary/aromatic N) is 2. The summed E-state index contributed by atoms with van der Waals surface area (Å²) >= 11 is 0. The quantitative estimate of drug-likeness (QED) is 0.741. The van der Waals surface area contributed by atoms with Gasteiger partial charge in [0.2, 0.25) is 5.88 Å². The first kappa shape index (κ1) is 15.2. The summed E-state index contributed by atoms with van der Waals surface area (Å²) in [6.07, 6.45) is 4.82. The van der Waals surface area contributed by atoms with E-state index >= 15 is 0 Å². The van der Waals surface area contributed by atoms with E-state index in [1.165, 1.54) is 25.1 Å². The molecule has 0 radical (unpaired) electrons. The van der Waals surface area contributed by atoms with Crippen molar-refractivity contribution < 1.29 is 9.13 Å². The third kappa shape index (κ3) is 4.72. The molecule has 0 aromatic carbocycles. The van der Waals surface area contributed by atoms with Crippen LogP contribution in [0.5, 0.6) is 5.88 Å². The highest BCUT2D eigenvalue weighted by Gasteiger charge is 2.12. The van der Waals surface area contributed by atoms with E-state index in [-0.39, 0.29) is 5.82 Å². The fourth-order valence-corrected chi connectivity index (χ4v) is 2.40. The minimum absolute atomic E-state index is 0.315. The maximum Gasteiger partial charge on any atom is 0.218 e. The third-order valence-electron chi connectivity index (χ3n) is 3.48. The van der Waals surface area contributed by atoms with Gasteiger partial charge in [0.15, 0.2) is 0 Å². The predicted octanol–water partition coefficient (Wildman–Crippen LogP) is 2.19. The lowest BCUT2D eigenvalue weighted by Crippen LogP contribution is -2.25. The molecular formula is C15H24FN3O. The molecule has 5 heteroatoms. The number of hydrogen-bond acceptors (Lipinski definition) is 4. The molecule has 0 unspecified atom stereocenters. The van der Waals surface area contributed by atoms with Crippen molar-refractivity contribution in [2.75, 3.05) is 32.8 Å². The van der Waals surface area contributed by atoms with Crippen LogP contribution in [0.4, 0.5) is 4.39 Å². The SMILES string of the molecule is CCCNCc1cc(F)cnc1OCCN1CCCC1. The van der Waals surface area contributed by atoms with Crippen LogP contribution in [0.2, 0.25) is 0 Å². The van der Waals surface area contributed by atoms with E-state index in [1.807, 2.05) is 0 Å². The Balaban J connectivity index is 1.84. The number of likely N-dealkylation sites (tertiary alicyclic amines) is 1. The molecule has 1 N–H and O–H groups in total. The van der Waals surface area contributed by atoms with Gasteiger partial charge in [-0.1, -0.05) is 6.92 Å². The molecule has 112 valence electrons. The first-order chi connectivity index (χ1) is 9.79. The van der Waals surface area contributed by atoms with Crippen LogP contribution in [0.25, 0.3) is 0 Å². The van der Waals surface area contributed by atoms with Gasteiger partial charge in [-0.15, -0.1) is 0 Å². The van der Waals surface area contributed by atoms with E-state index < -0.39 is 0 Å². The van der Waals surface area contributed by atoms with E-state index in [2.05, 4.69) is 22.1 Å². The van der Waals surface area contributed by atoms with Crippen LogP contribution in [0, 0.1) is 5.82 Å². The van der Waals surface area contributed by atoms with Crippen molar-refractivity contribution in [1.82, 2.24) is 15.2 Å². The second-order valence-electron chi connectivity index (χ2n) is 5.19. The molecule has 1 aromatic heterocycles. The number of aromatic nitrogens is 1. The van der Waals surface area contributed by atoms with Gasteiger partial charge in [0.05, 0.1) is 6.20 Å². The Morgan fingerprint density at radius 2 is 2.20 bits per heavy atom. The lowest BCUT2D eigenvalue weighted by Gasteiger charge is -2.16. The van der Waals surface area contributed by atoms with Crippen LogP contribution in [0.1, 0.15) is 31.7 Å². The molecule has 1 aliphatic rings. The number of halogens is 1. The molecule has 0 atom stereocenters. The molecule has 20 heavy (non-hydrogen) atoms. The van der Waals surface area contributed by atoms with Crippen molar-refractivity contribution in [3.8, 4) is 5.88 Å². The van der Waals surface area contributed by atoms with Gasteiger partial charge < -0.3 is 10.1 Å². The van der Waals surface area contributed by atoms with Crippen LogP contribution in [-0.4, -0.2) is 42.7 Å². The minimum atomic E-state index is -0.315. The molecule has 2 heterocycles. The van der Waals surface area contributed by atoms with Crippen molar-refractivity contribution in [1.29, 1.82) is 0 Å². The Morgan fingerprint density at radius 3 is 2.95 bits per heavy atom. The summed E-state index contributed by atoms with van der Waals surface area (Å²) in [6, 6.07) is 1.50. The summed E-state index contributed by atoms with van der Waals surface area (Å²) in [5, 5.41) is 3.25. The number of ether oxygens (including phenoxy) is 1. The Bertz CT molecular complexity index is 408. The number of pyridine rings is 1. The van der Waals surface area contributed by atoms with E-state index in [0.717, 1.165) is 38.2 Å². The van der Waals surface area contributed by atoms with E-state index in [1.54, 1.807) is 0 Å². The Hall–Kier alpha value is -1.20. The summed E-state index contributed by atoms with van der Waals surface area (Å²) in [4.78, 5) is 6.45. The standard InChI is InChI=1S/C15H24FN3O/c1-2-5-17-11-13-10-14(16)12-18-15(13)20-9-8-19-6-3-4-7-19/h10,12,17H,2-9,11H2,1H3. The van der Waals surface area contributed by atoms with E-state index in [0.29, 0.717) is 19.0 Å². The van der Waals surface area contributed by atoms with Crippen LogP contribution >= 0.6 is 0 Å². The van der Waals surface area contributed by atoms with Crippen molar-refractivity contribution in [3.63, 3.8) is 0 Å². The lowest BCUT2D eigenvalue weighted by molar-refractivity contribution is 0.229. The lowest BCUT2D eigenvalue weighted by atomic mass is 10.2. The fourth-order valence-electron chi connectivity index (χ4n) is 2.40. The highest BCUT2D eigenvalue weighted by Crippen LogP contribution is 2.16. The smallest absolute Gasteiger partial charge is 0.218 e. The fraction of sp³-hybridized carbons (Fsp3) is 0.667. The highest BCUT2D eigenvalue weighted by molar-refractivity contribution is 5.26. The van der Waals surface area contributed by atoms with Gasteiger partial charge in [0.1, 0.15) is 12.4 Å². The molecule has 1 aromatic rings. The Kier molecular flexibility index (Phi) is 6.21. The molecule has 0 bridgehead atoms. The van der Waals surface area contributed by atoms with Gasteiger partial charge in [-0.2, -0.15) is 0 Å². The van der Waals surface area contributed by atoms with Crippen molar-refractivity contribution in [3.05, 3.63) is 23.6 Å². The third-order valence-corrected chi connectivity index (χ3v) is 3.48. The second-order valence-corrected chi connectivity index (χ2v) is 5.19. The summed E-state index contributed by atoms with van der Waals surface area (Å²) in [5.74, 6) is 0.236. The maximum absolute atomic E-state index is 13.3. The molecule has 0 saturated carbocycles. The van der Waals surface area contributed by atoms with E-state index in [4.69, 9.17) is 4.74 Å². The monoisotopic (exact) mass is 281 g/mol. The van der Waals surface area contributed by atoms with Gasteiger partial charge in [0.25, 0.3) is 0 Å². The average molecular weight is 281 g/mol. The molecule has 4 nitrogen and oxygen atoms in total. The normalized spacial score (nSPS) is 15.7. The van der Waals surface area contributed by atoms with Crippen molar-refractivity contribution in [2.45, 2.75) is 32.7 Å². The van der Waals surface area contributed by atoms with Crippen molar-refractivity contribution >= 4 is 0 Å². The van der Waals surface area contributed by atoms with Crippen LogP contribution in [0.15, 0.2) is 12.3 Å². The first-order valence-electron chi connectivity index (χ1n) is 7.50. The molecule has 1 saturated heterocycles. The zero-order chi connectivity index (χ0) is 14.2. The summed E-state index contributed by atoms with van der Waals surface area (Å²) in [7, 11) is 0. The molecule has 2 rings (SSSR count). The molecule has 0 aliphatic carbocycles. The Morgan fingerprint density at radius 1 is 1.40 bits per heavy atom. The average Bonchev–Trinajstić information content (AvgIpc) is 2.95. The largest absolute Gasteiger partial charge is 0.476 e. The maximum atomic E-state index is 13.3. The summed E-state index contributed by atoms with van der Waals surface area (Å²) in [5.41, 5.74) is 0.792. The van der Waals surface area contributed by atoms with Gasteiger partial charge in [0, 0.05) is 18.7 Å². The van der Waals surface area contributed by atoms with Gasteiger partial charge >= 0.3 is 0 Å². The second kappa shape index (κ2) is 8.17. The van der Waals surface area contributed by atoms with Crippen LogP contribution in [-0.2, 0) is 6.54 Å². The summed E-state index contributed by atoms with van der Waals surface area (Å²) < 4.78 is 19.0. The molecule has 1 aliphatic heterocycles. The van der Waals surface area contributed by atoms with Gasteiger partial charge in [-0.25, -0.2) is 9.37 Å². The molecule has 1 fully saturated rings. The number of nitrogens with one attached hydrogen (secondary N) is 1. The van der Waals surface area contributed by atoms with Crippen molar-refractivity contribution in [2.24, 2.45) is 0 Å². The van der Waals surface area contributed by atoms with Gasteiger partial charge in [-0.3, -0.25) is 4.90 Å².